The summed E-state index contributed by atoms with van der Waals surface area (Å²) in [5.74, 6) is 1.11. The van der Waals surface area contributed by atoms with Gasteiger partial charge in [-0.05, 0) is 31.3 Å². The van der Waals surface area contributed by atoms with Gasteiger partial charge in [0.05, 0.1) is 30.6 Å². The first-order valence-electron chi connectivity index (χ1n) is 9.59. The third-order valence-corrected chi connectivity index (χ3v) is 5.35. The van der Waals surface area contributed by atoms with Crippen molar-refractivity contribution in [2.24, 2.45) is 5.92 Å². The number of hydrogen-bond acceptors (Lipinski definition) is 6. The highest BCUT2D eigenvalue weighted by Crippen LogP contribution is 2.23. The molecule has 2 aromatic heterocycles. The number of piperazine rings is 1. The largest absolute Gasteiger partial charge is 0.467 e. The molecule has 2 fully saturated rings. The van der Waals surface area contributed by atoms with Crippen molar-refractivity contribution in [2.75, 3.05) is 50.0 Å². The molecular formula is C20H25N5O3. The van der Waals surface area contributed by atoms with Gasteiger partial charge in [0.15, 0.2) is 0 Å². The molecule has 148 valence electrons. The SMILES string of the molecule is CN1CCN(c2ccc(NC(=O)C3CC(=O)N(Cc4ccco4)C3)cn2)CC1. The van der Waals surface area contributed by atoms with E-state index >= 15 is 0 Å². The van der Waals surface area contributed by atoms with Crippen LogP contribution in [-0.2, 0) is 16.1 Å². The first-order valence-corrected chi connectivity index (χ1v) is 9.59. The van der Waals surface area contributed by atoms with Crippen LogP contribution in [0.4, 0.5) is 11.5 Å². The summed E-state index contributed by atoms with van der Waals surface area (Å²) in [4.78, 5) is 35.5. The van der Waals surface area contributed by atoms with Gasteiger partial charge in [0.2, 0.25) is 11.8 Å². The van der Waals surface area contributed by atoms with Crippen LogP contribution in [0.3, 0.4) is 0 Å². The van der Waals surface area contributed by atoms with Gasteiger partial charge in [-0.3, -0.25) is 9.59 Å². The van der Waals surface area contributed by atoms with E-state index in [1.54, 1.807) is 23.4 Å². The molecule has 0 aliphatic carbocycles. The Morgan fingerprint density at radius 3 is 2.75 bits per heavy atom. The van der Waals surface area contributed by atoms with E-state index in [-0.39, 0.29) is 24.2 Å². The van der Waals surface area contributed by atoms with E-state index < -0.39 is 0 Å². The normalized spacial score (nSPS) is 20.6. The molecule has 4 heterocycles. The maximum atomic E-state index is 12.6. The molecule has 0 bridgehead atoms. The lowest BCUT2D eigenvalue weighted by molar-refractivity contribution is -0.128. The molecule has 1 N–H and O–H groups in total. The Morgan fingerprint density at radius 1 is 1.25 bits per heavy atom. The summed E-state index contributed by atoms with van der Waals surface area (Å²) in [7, 11) is 2.12. The first kappa shape index (κ1) is 18.5. The Labute approximate surface area is 164 Å². The second kappa shape index (κ2) is 8.02. The molecule has 2 aliphatic heterocycles. The van der Waals surface area contributed by atoms with Crippen molar-refractivity contribution in [3.05, 3.63) is 42.5 Å². The Bertz CT molecular complexity index is 813. The van der Waals surface area contributed by atoms with Gasteiger partial charge in [0.1, 0.15) is 11.6 Å². The second-order valence-corrected chi connectivity index (χ2v) is 7.44. The van der Waals surface area contributed by atoms with Crippen LogP contribution in [-0.4, -0.2) is 66.4 Å². The standard InChI is InChI=1S/C20H25N5O3/c1-23-6-8-24(9-7-23)18-5-4-16(12-21-18)22-20(27)15-11-19(26)25(13-15)14-17-3-2-10-28-17/h2-5,10,12,15H,6-9,11,13-14H2,1H3,(H,22,27). The van der Waals surface area contributed by atoms with E-state index in [1.165, 1.54) is 0 Å². The lowest BCUT2D eigenvalue weighted by Gasteiger charge is -2.33. The van der Waals surface area contributed by atoms with E-state index in [9.17, 15) is 9.59 Å². The van der Waals surface area contributed by atoms with Gasteiger partial charge in [0, 0.05) is 39.1 Å². The van der Waals surface area contributed by atoms with Gasteiger partial charge in [-0.1, -0.05) is 0 Å². The maximum absolute atomic E-state index is 12.6. The number of rotatable bonds is 5. The highest BCUT2D eigenvalue weighted by atomic mass is 16.3. The molecule has 8 heteroatoms. The lowest BCUT2D eigenvalue weighted by Crippen LogP contribution is -2.44. The van der Waals surface area contributed by atoms with Crippen LogP contribution < -0.4 is 10.2 Å². The number of furan rings is 1. The highest BCUT2D eigenvalue weighted by Gasteiger charge is 2.34. The molecule has 2 saturated heterocycles. The van der Waals surface area contributed by atoms with Gasteiger partial charge in [-0.15, -0.1) is 0 Å². The molecule has 4 rings (SSSR count). The number of likely N-dealkylation sites (tertiary alicyclic amines) is 1. The van der Waals surface area contributed by atoms with Crippen LogP contribution in [0.5, 0.6) is 0 Å². The summed E-state index contributed by atoms with van der Waals surface area (Å²) in [6, 6.07) is 7.42. The summed E-state index contributed by atoms with van der Waals surface area (Å²) in [6.07, 6.45) is 3.49. The van der Waals surface area contributed by atoms with Crippen LogP contribution in [0.1, 0.15) is 12.2 Å². The number of anilines is 2. The first-order chi connectivity index (χ1) is 13.6. The maximum Gasteiger partial charge on any atom is 0.229 e. The van der Waals surface area contributed by atoms with Crippen LogP contribution in [0.2, 0.25) is 0 Å². The van der Waals surface area contributed by atoms with Crippen molar-refractivity contribution in [1.82, 2.24) is 14.8 Å². The molecular weight excluding hydrogens is 358 g/mol. The number of amides is 2. The quantitative estimate of drug-likeness (QED) is 0.841. The fourth-order valence-corrected chi connectivity index (χ4v) is 3.62. The minimum absolute atomic E-state index is 0.0277. The minimum Gasteiger partial charge on any atom is -0.467 e. The van der Waals surface area contributed by atoms with Gasteiger partial charge in [-0.2, -0.15) is 0 Å². The molecule has 1 atom stereocenters. The fraction of sp³-hybridized carbons (Fsp3) is 0.450. The number of nitrogens with one attached hydrogen (secondary N) is 1. The smallest absolute Gasteiger partial charge is 0.229 e. The number of hydrogen-bond donors (Lipinski definition) is 1. The summed E-state index contributed by atoms with van der Waals surface area (Å²) in [6.45, 7) is 4.74. The molecule has 8 nitrogen and oxygen atoms in total. The molecule has 0 radical (unpaired) electrons. The van der Waals surface area contributed by atoms with E-state index in [0.717, 1.165) is 37.8 Å². The number of carbonyl (C=O) groups is 2. The van der Waals surface area contributed by atoms with E-state index in [2.05, 4.69) is 27.1 Å². The van der Waals surface area contributed by atoms with E-state index in [1.807, 2.05) is 18.2 Å². The monoisotopic (exact) mass is 383 g/mol. The summed E-state index contributed by atoms with van der Waals surface area (Å²) in [5.41, 5.74) is 0.653. The Hall–Kier alpha value is -2.87. The molecule has 0 saturated carbocycles. The molecule has 0 aromatic carbocycles. The topological polar surface area (TPSA) is 81.9 Å². The van der Waals surface area contributed by atoms with Gasteiger partial charge in [-0.25, -0.2) is 4.98 Å². The van der Waals surface area contributed by atoms with Crippen molar-refractivity contribution in [3.63, 3.8) is 0 Å². The fourth-order valence-electron chi connectivity index (χ4n) is 3.62. The van der Waals surface area contributed by atoms with Crippen molar-refractivity contribution in [1.29, 1.82) is 0 Å². The van der Waals surface area contributed by atoms with Gasteiger partial charge < -0.3 is 24.4 Å². The van der Waals surface area contributed by atoms with Crippen LogP contribution in [0.25, 0.3) is 0 Å². The number of nitrogens with zero attached hydrogens (tertiary/aromatic N) is 4. The third-order valence-electron chi connectivity index (χ3n) is 5.35. The van der Waals surface area contributed by atoms with Crippen LogP contribution in [0, 0.1) is 5.92 Å². The zero-order valence-corrected chi connectivity index (χ0v) is 16.0. The Kier molecular flexibility index (Phi) is 5.29. The van der Waals surface area contributed by atoms with Gasteiger partial charge >= 0.3 is 0 Å². The molecule has 0 spiro atoms. The predicted octanol–water partition coefficient (Wildman–Crippen LogP) is 1.41. The van der Waals surface area contributed by atoms with Crippen molar-refractivity contribution in [3.8, 4) is 0 Å². The van der Waals surface area contributed by atoms with Crippen molar-refractivity contribution < 1.29 is 14.0 Å². The Morgan fingerprint density at radius 2 is 2.07 bits per heavy atom. The highest BCUT2D eigenvalue weighted by molar-refractivity contribution is 5.97. The average Bonchev–Trinajstić information content (AvgIpc) is 3.34. The zero-order chi connectivity index (χ0) is 19.5. The van der Waals surface area contributed by atoms with Crippen molar-refractivity contribution in [2.45, 2.75) is 13.0 Å². The Balaban J connectivity index is 1.31. The molecule has 2 aliphatic rings. The second-order valence-electron chi connectivity index (χ2n) is 7.44. The van der Waals surface area contributed by atoms with Crippen LogP contribution >= 0.6 is 0 Å². The number of carbonyl (C=O) groups excluding carboxylic acids is 2. The summed E-state index contributed by atoms with van der Waals surface area (Å²) >= 11 is 0. The molecule has 2 aromatic rings. The third kappa shape index (κ3) is 4.17. The molecule has 28 heavy (non-hydrogen) atoms. The van der Waals surface area contributed by atoms with E-state index in [4.69, 9.17) is 4.42 Å². The van der Waals surface area contributed by atoms with Gasteiger partial charge in [0.25, 0.3) is 0 Å². The van der Waals surface area contributed by atoms with Crippen molar-refractivity contribution >= 4 is 23.3 Å². The summed E-state index contributed by atoms with van der Waals surface area (Å²) < 4.78 is 5.29. The molecule has 1 unspecified atom stereocenters. The summed E-state index contributed by atoms with van der Waals surface area (Å²) in [5, 5.41) is 2.89. The number of likely N-dealkylation sites (N-methyl/N-ethyl adjacent to an activating group) is 1. The van der Waals surface area contributed by atoms with E-state index in [0.29, 0.717) is 18.8 Å². The lowest BCUT2D eigenvalue weighted by atomic mass is 10.1. The van der Waals surface area contributed by atoms with Crippen LogP contribution in [0.15, 0.2) is 41.1 Å². The minimum atomic E-state index is -0.361. The predicted molar refractivity (Wildman–Crippen MR) is 105 cm³/mol. The number of aromatic nitrogens is 1. The number of pyridine rings is 1. The average molecular weight is 383 g/mol. The zero-order valence-electron chi connectivity index (χ0n) is 16.0. The molecule has 2 amide bonds.